The van der Waals surface area contributed by atoms with E-state index >= 15 is 0 Å². The fourth-order valence-corrected chi connectivity index (χ4v) is 3.62. The van der Waals surface area contributed by atoms with Gasteiger partial charge in [0.15, 0.2) is 0 Å². The number of likely N-dealkylation sites (tertiary alicyclic amines) is 1. The van der Waals surface area contributed by atoms with E-state index in [0.717, 1.165) is 0 Å². The molecule has 1 fully saturated rings. The lowest BCUT2D eigenvalue weighted by Gasteiger charge is -2.26. The molecular weight excluding hydrogens is 402 g/mol. The average molecular weight is 427 g/mol. The lowest BCUT2D eigenvalue weighted by atomic mass is 9.94. The van der Waals surface area contributed by atoms with Crippen LogP contribution in [0.25, 0.3) is 5.76 Å². The first kappa shape index (κ1) is 22.2. The fraction of sp³-hybridized carbons (Fsp3) is 0.304. The molecule has 1 unspecified atom stereocenters. The second kappa shape index (κ2) is 9.53. The van der Waals surface area contributed by atoms with Crippen molar-refractivity contribution in [3.05, 3.63) is 59.2 Å². The maximum absolute atomic E-state index is 13.0. The van der Waals surface area contributed by atoms with Crippen LogP contribution in [0.15, 0.2) is 48.0 Å². The molecule has 1 amide bonds. The third-order valence-electron chi connectivity index (χ3n) is 5.20. The summed E-state index contributed by atoms with van der Waals surface area (Å²) in [6.45, 7) is -0.00569. The molecule has 0 saturated carbocycles. The van der Waals surface area contributed by atoms with Crippen molar-refractivity contribution in [2.75, 3.05) is 34.5 Å². The van der Waals surface area contributed by atoms with Crippen LogP contribution in [0.4, 0.5) is 0 Å². The highest BCUT2D eigenvalue weighted by Crippen LogP contribution is 2.43. The molecule has 0 spiro atoms. The number of ether oxygens (including phenoxy) is 3. The SMILES string of the molecule is COc1ccc(/C(O)=C2/C(=O)C(=O)N(CCCO)C2c2ccc(OC)cc2OC)cc1. The number of carbonyl (C=O) groups excluding carboxylic acids is 2. The molecule has 0 aromatic heterocycles. The zero-order valence-corrected chi connectivity index (χ0v) is 17.6. The van der Waals surface area contributed by atoms with E-state index in [1.54, 1.807) is 42.5 Å². The summed E-state index contributed by atoms with van der Waals surface area (Å²) in [4.78, 5) is 27.1. The quantitative estimate of drug-likeness (QED) is 0.379. The second-order valence-electron chi connectivity index (χ2n) is 6.91. The normalized spacial score (nSPS) is 17.7. The van der Waals surface area contributed by atoms with Crippen LogP contribution in [0.3, 0.4) is 0 Å². The van der Waals surface area contributed by atoms with Gasteiger partial charge in [-0.1, -0.05) is 0 Å². The van der Waals surface area contributed by atoms with E-state index in [9.17, 15) is 19.8 Å². The van der Waals surface area contributed by atoms with Crippen molar-refractivity contribution < 1.29 is 34.0 Å². The number of carbonyl (C=O) groups is 2. The summed E-state index contributed by atoms with van der Waals surface area (Å²) in [7, 11) is 4.52. The number of nitrogens with zero attached hydrogens (tertiary/aromatic N) is 1. The number of aliphatic hydroxyl groups excluding tert-OH is 2. The highest BCUT2D eigenvalue weighted by atomic mass is 16.5. The summed E-state index contributed by atoms with van der Waals surface area (Å²) in [5.74, 6) is -0.298. The lowest BCUT2D eigenvalue weighted by molar-refractivity contribution is -0.140. The van der Waals surface area contributed by atoms with Gasteiger partial charge in [-0.05, 0) is 42.8 Å². The van der Waals surface area contributed by atoms with Crippen molar-refractivity contribution in [3.63, 3.8) is 0 Å². The summed E-state index contributed by atoms with van der Waals surface area (Å²) in [6, 6.07) is 10.7. The molecule has 164 valence electrons. The Morgan fingerprint density at radius 1 is 0.968 bits per heavy atom. The highest BCUT2D eigenvalue weighted by molar-refractivity contribution is 6.46. The minimum Gasteiger partial charge on any atom is -0.507 e. The molecule has 1 atom stereocenters. The second-order valence-corrected chi connectivity index (χ2v) is 6.91. The van der Waals surface area contributed by atoms with Crippen LogP contribution in [0.2, 0.25) is 0 Å². The van der Waals surface area contributed by atoms with Gasteiger partial charge >= 0.3 is 0 Å². The van der Waals surface area contributed by atoms with E-state index in [0.29, 0.717) is 28.4 Å². The Morgan fingerprint density at radius 3 is 2.19 bits per heavy atom. The van der Waals surface area contributed by atoms with Crippen molar-refractivity contribution in [2.45, 2.75) is 12.5 Å². The van der Waals surface area contributed by atoms with Gasteiger partial charge in [0.1, 0.15) is 23.0 Å². The summed E-state index contributed by atoms with van der Waals surface area (Å²) < 4.78 is 15.9. The monoisotopic (exact) mass is 427 g/mol. The number of hydrogen-bond acceptors (Lipinski definition) is 7. The van der Waals surface area contributed by atoms with Crippen LogP contribution in [-0.4, -0.2) is 61.3 Å². The predicted octanol–water partition coefficient (Wildman–Crippen LogP) is 2.52. The Labute approximate surface area is 180 Å². The van der Waals surface area contributed by atoms with Gasteiger partial charge in [0, 0.05) is 30.3 Å². The van der Waals surface area contributed by atoms with Gasteiger partial charge in [-0.2, -0.15) is 0 Å². The molecule has 8 nitrogen and oxygen atoms in total. The van der Waals surface area contributed by atoms with E-state index in [1.807, 2.05) is 0 Å². The van der Waals surface area contributed by atoms with Crippen LogP contribution in [0.5, 0.6) is 17.2 Å². The molecule has 1 heterocycles. The summed E-state index contributed by atoms with van der Waals surface area (Å²) in [5, 5.41) is 20.3. The Hall–Kier alpha value is -3.52. The molecule has 1 saturated heterocycles. The zero-order chi connectivity index (χ0) is 22.5. The number of methoxy groups -OCH3 is 3. The Bertz CT molecular complexity index is 997. The van der Waals surface area contributed by atoms with E-state index < -0.39 is 17.7 Å². The molecular formula is C23H25NO7. The van der Waals surface area contributed by atoms with Gasteiger partial charge in [-0.15, -0.1) is 0 Å². The molecule has 0 radical (unpaired) electrons. The molecule has 2 aromatic rings. The van der Waals surface area contributed by atoms with Crippen molar-refractivity contribution in [3.8, 4) is 17.2 Å². The number of ketones is 1. The minimum atomic E-state index is -0.880. The molecule has 3 rings (SSSR count). The van der Waals surface area contributed by atoms with Crippen LogP contribution < -0.4 is 14.2 Å². The van der Waals surface area contributed by atoms with Gasteiger partial charge in [-0.3, -0.25) is 9.59 Å². The van der Waals surface area contributed by atoms with Gasteiger partial charge < -0.3 is 29.3 Å². The Morgan fingerprint density at radius 2 is 1.61 bits per heavy atom. The van der Waals surface area contributed by atoms with Gasteiger partial charge in [0.2, 0.25) is 0 Å². The molecule has 0 aliphatic carbocycles. The molecule has 31 heavy (non-hydrogen) atoms. The molecule has 1 aliphatic rings. The first-order chi connectivity index (χ1) is 15.0. The van der Waals surface area contributed by atoms with Crippen molar-refractivity contribution in [2.24, 2.45) is 0 Å². The topological polar surface area (TPSA) is 106 Å². The molecule has 1 aliphatic heterocycles. The van der Waals surface area contributed by atoms with Crippen molar-refractivity contribution >= 4 is 17.4 Å². The third-order valence-corrected chi connectivity index (χ3v) is 5.20. The van der Waals surface area contributed by atoms with E-state index in [4.69, 9.17) is 14.2 Å². The van der Waals surface area contributed by atoms with Crippen LogP contribution in [-0.2, 0) is 9.59 Å². The van der Waals surface area contributed by atoms with Gasteiger partial charge in [0.25, 0.3) is 11.7 Å². The number of amides is 1. The Kier molecular flexibility index (Phi) is 6.81. The van der Waals surface area contributed by atoms with E-state index in [-0.39, 0.29) is 30.9 Å². The van der Waals surface area contributed by atoms with Gasteiger partial charge in [-0.25, -0.2) is 0 Å². The van der Waals surface area contributed by atoms with Crippen LogP contribution in [0, 0.1) is 0 Å². The largest absolute Gasteiger partial charge is 0.507 e. The number of hydrogen-bond donors (Lipinski definition) is 2. The standard InChI is InChI=1S/C23H25NO7/c1-29-15-7-5-14(6-8-15)21(26)19-20(24(11-4-12-25)23(28)22(19)27)17-10-9-16(30-2)13-18(17)31-3/h5-10,13,20,25-26H,4,11-12H2,1-3H3/b21-19-. The first-order valence-electron chi connectivity index (χ1n) is 9.72. The number of aliphatic hydroxyl groups is 2. The number of rotatable bonds is 8. The molecule has 2 N–H and O–H groups in total. The van der Waals surface area contributed by atoms with Crippen LogP contribution in [0.1, 0.15) is 23.6 Å². The third kappa shape index (κ3) is 4.20. The minimum absolute atomic E-state index is 0.0448. The summed E-state index contributed by atoms with van der Waals surface area (Å²) >= 11 is 0. The molecule has 8 heteroatoms. The molecule has 2 aromatic carbocycles. The average Bonchev–Trinajstić information content (AvgIpc) is 3.06. The fourth-order valence-electron chi connectivity index (χ4n) is 3.62. The zero-order valence-electron chi connectivity index (χ0n) is 17.6. The van der Waals surface area contributed by atoms with E-state index in [2.05, 4.69) is 0 Å². The maximum atomic E-state index is 13.0. The maximum Gasteiger partial charge on any atom is 0.295 e. The van der Waals surface area contributed by atoms with Crippen molar-refractivity contribution in [1.29, 1.82) is 0 Å². The predicted molar refractivity (Wildman–Crippen MR) is 113 cm³/mol. The smallest absolute Gasteiger partial charge is 0.295 e. The summed E-state index contributed by atoms with van der Waals surface area (Å²) in [6.07, 6.45) is 0.282. The Balaban J connectivity index is 2.19. The van der Waals surface area contributed by atoms with Gasteiger partial charge in [0.05, 0.1) is 32.9 Å². The van der Waals surface area contributed by atoms with E-state index in [1.165, 1.54) is 26.2 Å². The number of Topliss-reactive ketones (excluding diaryl/α,β-unsaturated/α-hetero) is 1. The lowest BCUT2D eigenvalue weighted by Crippen LogP contribution is -2.31. The highest BCUT2D eigenvalue weighted by Gasteiger charge is 2.46. The number of benzene rings is 2. The van der Waals surface area contributed by atoms with Crippen molar-refractivity contribution in [1.82, 2.24) is 4.90 Å². The molecule has 0 bridgehead atoms. The summed E-state index contributed by atoms with van der Waals surface area (Å²) in [5.41, 5.74) is 0.852. The van der Waals surface area contributed by atoms with Crippen LogP contribution >= 0.6 is 0 Å². The first-order valence-corrected chi connectivity index (χ1v) is 9.72.